The first-order valence-corrected chi connectivity index (χ1v) is 17.4. The van der Waals surface area contributed by atoms with Gasteiger partial charge in [-0.3, -0.25) is 9.59 Å². The fourth-order valence-corrected chi connectivity index (χ4v) is 8.52. The third-order valence-electron chi connectivity index (χ3n) is 10.3. The van der Waals surface area contributed by atoms with Crippen LogP contribution in [0.3, 0.4) is 0 Å². The second kappa shape index (κ2) is 18.7. The van der Waals surface area contributed by atoms with E-state index in [1.807, 2.05) is 0 Å². The molecule has 0 aromatic heterocycles. The second-order valence-corrected chi connectivity index (χ2v) is 14.4. The average Bonchev–Trinajstić information content (AvgIpc) is 2.92. The fraction of sp³-hybridized carbons (Fsp3) is 0.941. The first kappa shape index (κ1) is 37.2. The molecular weight excluding hydrogens is 564 g/mol. The van der Waals surface area contributed by atoms with Crippen molar-refractivity contribution in [2.45, 2.75) is 148 Å². The SMILES string of the molecule is CC(=O)O[C@H](CCC1CC(OCCO)C(O)CC1C1CCNC(N)C1)C[C@@H](OC(C)=O)[C@H]1C[C@H](O)CCC[C@@H](CC(C)C)C1. The van der Waals surface area contributed by atoms with Crippen LogP contribution in [0.25, 0.3) is 0 Å². The molecule has 6 N–H and O–H groups in total. The van der Waals surface area contributed by atoms with Gasteiger partial charge in [0.1, 0.15) is 12.2 Å². The van der Waals surface area contributed by atoms with Gasteiger partial charge in [-0.15, -0.1) is 0 Å². The molecule has 10 heteroatoms. The van der Waals surface area contributed by atoms with Crippen LogP contribution in [0, 0.1) is 35.5 Å². The summed E-state index contributed by atoms with van der Waals surface area (Å²) >= 11 is 0. The third kappa shape index (κ3) is 12.5. The van der Waals surface area contributed by atoms with Gasteiger partial charge >= 0.3 is 11.9 Å². The van der Waals surface area contributed by atoms with E-state index in [9.17, 15) is 24.9 Å². The number of nitrogens with one attached hydrogen (secondary N) is 1. The molecule has 10 nitrogen and oxygen atoms in total. The number of carbonyl (C=O) groups is 2. The molecule has 0 bridgehead atoms. The molecule has 1 heterocycles. The Balaban J connectivity index is 1.78. The van der Waals surface area contributed by atoms with Gasteiger partial charge in [-0.05, 0) is 106 Å². The molecule has 2 aliphatic carbocycles. The number of aliphatic hydroxyl groups excluding tert-OH is 3. The van der Waals surface area contributed by atoms with Crippen LogP contribution in [0.4, 0.5) is 0 Å². The van der Waals surface area contributed by atoms with Crippen molar-refractivity contribution in [3.63, 3.8) is 0 Å². The third-order valence-corrected chi connectivity index (χ3v) is 10.3. The fourth-order valence-electron chi connectivity index (χ4n) is 8.52. The van der Waals surface area contributed by atoms with Crippen molar-refractivity contribution in [1.82, 2.24) is 5.32 Å². The minimum absolute atomic E-state index is 0.0129. The van der Waals surface area contributed by atoms with Crippen LogP contribution in [-0.2, 0) is 23.8 Å². The number of hydrogen-bond donors (Lipinski definition) is 5. The molecule has 3 fully saturated rings. The van der Waals surface area contributed by atoms with Gasteiger partial charge in [0, 0.05) is 20.3 Å². The maximum atomic E-state index is 12.3. The Bertz CT molecular complexity index is 859. The lowest BCUT2D eigenvalue weighted by molar-refractivity contribution is -0.157. The molecule has 256 valence electrons. The number of hydrogen-bond acceptors (Lipinski definition) is 10. The maximum Gasteiger partial charge on any atom is 0.302 e. The zero-order chi connectivity index (χ0) is 32.2. The van der Waals surface area contributed by atoms with E-state index in [2.05, 4.69) is 19.2 Å². The van der Waals surface area contributed by atoms with Gasteiger partial charge in [0.2, 0.25) is 0 Å². The molecule has 0 radical (unpaired) electrons. The highest BCUT2D eigenvalue weighted by atomic mass is 16.6. The molecule has 6 unspecified atom stereocenters. The molecule has 1 aliphatic heterocycles. The van der Waals surface area contributed by atoms with Gasteiger partial charge in [-0.25, -0.2) is 0 Å². The maximum absolute atomic E-state index is 12.3. The standard InChI is InChI=1S/C34H62N2O8/c1-21(2)14-24-6-5-7-28(40)16-27(15-24)32(44-23(4)39)19-29(43-22(3)38)9-8-25-17-33(42-13-12-37)31(41)20-30(25)26-10-11-36-34(35)18-26/h21,24-34,36-37,40-41H,5-20,35H2,1-4H3/t24-,25?,26?,27+,28+,29+,30?,31?,32+,33?,34?/m0/s1. The summed E-state index contributed by atoms with van der Waals surface area (Å²) < 4.78 is 17.7. The molecule has 2 saturated carbocycles. The van der Waals surface area contributed by atoms with E-state index in [4.69, 9.17) is 19.9 Å². The van der Waals surface area contributed by atoms with Crippen LogP contribution < -0.4 is 11.1 Å². The number of carbonyl (C=O) groups excluding carboxylic acids is 2. The van der Waals surface area contributed by atoms with Crippen LogP contribution in [0.5, 0.6) is 0 Å². The Hall–Kier alpha value is -1.30. The lowest BCUT2D eigenvalue weighted by atomic mass is 9.66. The molecule has 3 aliphatic rings. The van der Waals surface area contributed by atoms with Crippen LogP contribution in [0.15, 0.2) is 0 Å². The van der Waals surface area contributed by atoms with E-state index in [1.165, 1.54) is 13.8 Å². The summed E-state index contributed by atoms with van der Waals surface area (Å²) in [5.74, 6) is 1.18. The average molecular weight is 627 g/mol. The highest BCUT2D eigenvalue weighted by molar-refractivity contribution is 5.66. The molecule has 11 atom stereocenters. The normalized spacial score (nSPS) is 34.9. The quantitative estimate of drug-likeness (QED) is 0.180. The van der Waals surface area contributed by atoms with Crippen LogP contribution in [0.1, 0.15) is 111 Å². The van der Waals surface area contributed by atoms with Crippen LogP contribution in [-0.4, -0.2) is 83.7 Å². The summed E-state index contributed by atoms with van der Waals surface area (Å²) in [7, 11) is 0. The molecule has 0 spiro atoms. The van der Waals surface area contributed by atoms with E-state index in [0.29, 0.717) is 49.9 Å². The van der Waals surface area contributed by atoms with Gasteiger partial charge in [-0.1, -0.05) is 26.7 Å². The Morgan fingerprint density at radius 2 is 1.73 bits per heavy atom. The summed E-state index contributed by atoms with van der Waals surface area (Å²) in [6.45, 7) is 8.24. The molecule has 0 aromatic rings. The number of rotatable bonds is 14. The first-order chi connectivity index (χ1) is 20.9. The monoisotopic (exact) mass is 626 g/mol. The smallest absolute Gasteiger partial charge is 0.302 e. The van der Waals surface area contributed by atoms with Crippen LogP contribution in [0.2, 0.25) is 0 Å². The van der Waals surface area contributed by atoms with Crippen LogP contribution >= 0.6 is 0 Å². The Kier molecular flexibility index (Phi) is 15.8. The number of ether oxygens (including phenoxy) is 3. The van der Waals surface area contributed by atoms with Gasteiger partial charge < -0.3 is 40.6 Å². The van der Waals surface area contributed by atoms with Crippen molar-refractivity contribution in [2.75, 3.05) is 19.8 Å². The molecule has 3 rings (SSSR count). The highest BCUT2D eigenvalue weighted by Crippen LogP contribution is 2.43. The summed E-state index contributed by atoms with van der Waals surface area (Å²) in [5.41, 5.74) is 6.27. The second-order valence-electron chi connectivity index (χ2n) is 14.4. The molecule has 0 aromatic carbocycles. The Morgan fingerprint density at radius 3 is 2.39 bits per heavy atom. The number of piperidine rings is 1. The Labute approximate surface area is 265 Å². The van der Waals surface area contributed by atoms with Crippen molar-refractivity contribution in [2.24, 2.45) is 41.2 Å². The summed E-state index contributed by atoms with van der Waals surface area (Å²) in [4.78, 5) is 24.6. The molecule has 44 heavy (non-hydrogen) atoms. The topological polar surface area (TPSA) is 161 Å². The van der Waals surface area contributed by atoms with E-state index < -0.39 is 24.4 Å². The first-order valence-electron chi connectivity index (χ1n) is 17.4. The van der Waals surface area contributed by atoms with Crippen molar-refractivity contribution < 1.29 is 39.1 Å². The zero-order valence-corrected chi connectivity index (χ0v) is 27.7. The van der Waals surface area contributed by atoms with E-state index in [0.717, 1.165) is 57.9 Å². The number of nitrogens with two attached hydrogens (primary N) is 1. The predicted molar refractivity (Wildman–Crippen MR) is 168 cm³/mol. The number of aliphatic hydroxyl groups is 3. The summed E-state index contributed by atoms with van der Waals surface area (Å²) in [5, 5.41) is 34.4. The lowest BCUT2D eigenvalue weighted by Gasteiger charge is -2.45. The lowest BCUT2D eigenvalue weighted by Crippen LogP contribution is -2.50. The minimum Gasteiger partial charge on any atom is -0.462 e. The highest BCUT2D eigenvalue weighted by Gasteiger charge is 2.42. The summed E-state index contributed by atoms with van der Waals surface area (Å²) in [6.07, 6.45) is 7.89. The Morgan fingerprint density at radius 1 is 0.977 bits per heavy atom. The van der Waals surface area contributed by atoms with Gasteiger partial charge in [-0.2, -0.15) is 0 Å². The van der Waals surface area contributed by atoms with Crippen molar-refractivity contribution >= 4 is 11.9 Å². The predicted octanol–water partition coefficient (Wildman–Crippen LogP) is 3.67. The van der Waals surface area contributed by atoms with E-state index in [1.54, 1.807) is 0 Å². The largest absolute Gasteiger partial charge is 0.462 e. The van der Waals surface area contributed by atoms with Gasteiger partial charge in [0.05, 0.1) is 37.7 Å². The van der Waals surface area contributed by atoms with Gasteiger partial charge in [0.25, 0.3) is 0 Å². The summed E-state index contributed by atoms with van der Waals surface area (Å²) in [6, 6.07) is 0. The minimum atomic E-state index is -0.601. The van der Waals surface area contributed by atoms with E-state index >= 15 is 0 Å². The van der Waals surface area contributed by atoms with Crippen molar-refractivity contribution in [1.29, 1.82) is 0 Å². The van der Waals surface area contributed by atoms with Gasteiger partial charge in [0.15, 0.2) is 0 Å². The molecule has 0 amide bonds. The molecule has 1 saturated heterocycles. The zero-order valence-electron chi connectivity index (χ0n) is 27.7. The van der Waals surface area contributed by atoms with Crippen molar-refractivity contribution in [3.05, 3.63) is 0 Å². The van der Waals surface area contributed by atoms with E-state index in [-0.39, 0.29) is 55.2 Å². The van der Waals surface area contributed by atoms with Crippen molar-refractivity contribution in [3.8, 4) is 0 Å². The number of esters is 2. The molecular formula is C34H62N2O8.